The normalized spacial score (nSPS) is 15.7. The molecule has 0 saturated carbocycles. The third-order valence-electron chi connectivity index (χ3n) is 2.40. The standard InChI is InChI=1S/C12H9ClF3NO3/c13-5-10-6-17(11(18)7-19-10)8-1-3-9(4-2-8)20-12(14,15)16/h1-4,6H,5,7H2. The van der Waals surface area contributed by atoms with Crippen LogP contribution in [-0.2, 0) is 9.53 Å². The molecule has 1 heterocycles. The summed E-state index contributed by atoms with van der Waals surface area (Å²) in [6.45, 7) is -0.167. The lowest BCUT2D eigenvalue weighted by atomic mass is 10.2. The molecule has 8 heteroatoms. The average Bonchev–Trinajstić information content (AvgIpc) is 2.39. The molecule has 4 nitrogen and oxygen atoms in total. The smallest absolute Gasteiger partial charge is 0.485 e. The molecule has 1 aliphatic heterocycles. The number of carbonyl (C=O) groups is 1. The summed E-state index contributed by atoms with van der Waals surface area (Å²) in [5.41, 5.74) is 0.399. The lowest BCUT2D eigenvalue weighted by molar-refractivity contribution is -0.274. The van der Waals surface area contributed by atoms with Gasteiger partial charge in [0.2, 0.25) is 0 Å². The predicted molar refractivity (Wildman–Crippen MR) is 65.4 cm³/mol. The molecule has 1 aromatic carbocycles. The molecule has 0 atom stereocenters. The summed E-state index contributed by atoms with van der Waals surface area (Å²) >= 11 is 5.60. The number of halogens is 4. The Morgan fingerprint density at radius 1 is 1.30 bits per heavy atom. The number of anilines is 1. The van der Waals surface area contributed by atoms with Gasteiger partial charge in [-0.25, -0.2) is 0 Å². The molecule has 0 radical (unpaired) electrons. The Morgan fingerprint density at radius 2 is 1.95 bits per heavy atom. The third-order valence-corrected chi connectivity index (χ3v) is 2.67. The molecule has 1 aliphatic rings. The predicted octanol–water partition coefficient (Wildman–Crippen LogP) is 3.03. The highest BCUT2D eigenvalue weighted by Gasteiger charge is 2.31. The van der Waals surface area contributed by atoms with Crippen molar-refractivity contribution in [3.8, 4) is 5.75 Å². The van der Waals surface area contributed by atoms with Crippen LogP contribution in [0.15, 0.2) is 36.2 Å². The van der Waals surface area contributed by atoms with Gasteiger partial charge in [0.25, 0.3) is 5.91 Å². The number of benzene rings is 1. The highest BCUT2D eigenvalue weighted by atomic mass is 35.5. The van der Waals surface area contributed by atoms with Gasteiger partial charge in [0.05, 0.1) is 12.1 Å². The monoisotopic (exact) mass is 307 g/mol. The summed E-state index contributed by atoms with van der Waals surface area (Å²) in [7, 11) is 0. The average molecular weight is 308 g/mol. The molecule has 0 bridgehead atoms. The maximum absolute atomic E-state index is 12.0. The number of amides is 1. The molecule has 2 rings (SSSR count). The summed E-state index contributed by atoms with van der Waals surface area (Å²) in [4.78, 5) is 12.9. The Kier molecular flexibility index (Phi) is 4.08. The summed E-state index contributed by atoms with van der Waals surface area (Å²) in [5, 5.41) is 0. The second-order valence-corrected chi connectivity index (χ2v) is 4.09. The van der Waals surface area contributed by atoms with Crippen LogP contribution < -0.4 is 9.64 Å². The van der Waals surface area contributed by atoms with Crippen molar-refractivity contribution in [2.75, 3.05) is 17.4 Å². The van der Waals surface area contributed by atoms with E-state index in [1.165, 1.54) is 23.2 Å². The molecular weight excluding hydrogens is 299 g/mol. The number of nitrogens with zero attached hydrogens (tertiary/aromatic N) is 1. The SMILES string of the molecule is O=C1COC(CCl)=CN1c1ccc(OC(F)(F)F)cc1. The van der Waals surface area contributed by atoms with Crippen molar-refractivity contribution in [1.82, 2.24) is 0 Å². The molecule has 0 N–H and O–H groups in total. The van der Waals surface area contributed by atoms with E-state index < -0.39 is 6.36 Å². The molecule has 20 heavy (non-hydrogen) atoms. The fourth-order valence-corrected chi connectivity index (χ4v) is 1.72. The first-order chi connectivity index (χ1) is 9.39. The van der Waals surface area contributed by atoms with Crippen LogP contribution in [-0.4, -0.2) is 24.8 Å². The molecule has 0 fully saturated rings. The minimum Gasteiger partial charge on any atom is -0.485 e. The van der Waals surface area contributed by atoms with E-state index in [0.29, 0.717) is 11.4 Å². The zero-order chi connectivity index (χ0) is 14.8. The molecular formula is C12H9ClF3NO3. The molecule has 1 amide bonds. The zero-order valence-corrected chi connectivity index (χ0v) is 10.7. The molecule has 0 saturated heterocycles. The highest BCUT2D eigenvalue weighted by molar-refractivity contribution is 6.19. The number of alkyl halides is 4. The topological polar surface area (TPSA) is 38.8 Å². The van der Waals surface area contributed by atoms with Crippen LogP contribution in [0.5, 0.6) is 5.75 Å². The van der Waals surface area contributed by atoms with Crippen molar-refractivity contribution in [1.29, 1.82) is 0 Å². The highest BCUT2D eigenvalue weighted by Crippen LogP contribution is 2.26. The molecule has 0 aromatic heterocycles. The summed E-state index contributed by atoms with van der Waals surface area (Å²) in [6.07, 6.45) is -3.35. The summed E-state index contributed by atoms with van der Waals surface area (Å²) in [6, 6.07) is 4.93. The van der Waals surface area contributed by atoms with Gasteiger partial charge in [0.1, 0.15) is 11.5 Å². The van der Waals surface area contributed by atoms with Gasteiger partial charge in [0, 0.05) is 5.69 Å². The van der Waals surface area contributed by atoms with E-state index in [0.717, 1.165) is 12.1 Å². The van der Waals surface area contributed by atoms with Gasteiger partial charge in [-0.15, -0.1) is 24.8 Å². The van der Waals surface area contributed by atoms with Crippen LogP contribution in [0.25, 0.3) is 0 Å². The van der Waals surface area contributed by atoms with Crippen molar-refractivity contribution in [3.05, 3.63) is 36.2 Å². The van der Waals surface area contributed by atoms with Gasteiger partial charge in [0.15, 0.2) is 6.61 Å². The maximum Gasteiger partial charge on any atom is 0.573 e. The van der Waals surface area contributed by atoms with Crippen LogP contribution >= 0.6 is 11.6 Å². The number of allylic oxidation sites excluding steroid dienone is 1. The first-order valence-corrected chi connectivity index (χ1v) is 6.00. The van der Waals surface area contributed by atoms with Crippen LogP contribution in [0.1, 0.15) is 0 Å². The first-order valence-electron chi connectivity index (χ1n) is 5.46. The number of rotatable bonds is 3. The largest absolute Gasteiger partial charge is 0.573 e. The Hall–Kier alpha value is -1.89. The van der Waals surface area contributed by atoms with Crippen molar-refractivity contribution in [2.24, 2.45) is 0 Å². The zero-order valence-electron chi connectivity index (χ0n) is 9.98. The Labute approximate surface area is 117 Å². The van der Waals surface area contributed by atoms with Crippen molar-refractivity contribution < 1.29 is 27.4 Å². The molecule has 0 aliphatic carbocycles. The quantitative estimate of drug-likeness (QED) is 0.806. The fourth-order valence-electron chi connectivity index (χ4n) is 1.58. The van der Waals surface area contributed by atoms with E-state index in [1.54, 1.807) is 0 Å². The van der Waals surface area contributed by atoms with E-state index in [4.69, 9.17) is 16.3 Å². The van der Waals surface area contributed by atoms with E-state index in [2.05, 4.69) is 4.74 Å². The Balaban J connectivity index is 2.19. The maximum atomic E-state index is 12.0. The van der Waals surface area contributed by atoms with E-state index >= 15 is 0 Å². The second-order valence-electron chi connectivity index (χ2n) is 3.82. The van der Waals surface area contributed by atoms with E-state index in [9.17, 15) is 18.0 Å². The van der Waals surface area contributed by atoms with E-state index in [1.807, 2.05) is 0 Å². The van der Waals surface area contributed by atoms with Gasteiger partial charge in [-0.05, 0) is 24.3 Å². The number of ether oxygens (including phenoxy) is 2. The Bertz CT molecular complexity index is 528. The van der Waals surface area contributed by atoms with Gasteiger partial charge < -0.3 is 9.47 Å². The lowest BCUT2D eigenvalue weighted by Gasteiger charge is -2.24. The molecule has 1 aromatic rings. The number of hydrogen-bond donors (Lipinski definition) is 0. The minimum absolute atomic E-state index is 0.0963. The molecule has 0 unspecified atom stereocenters. The lowest BCUT2D eigenvalue weighted by Crippen LogP contribution is -2.33. The van der Waals surface area contributed by atoms with Gasteiger partial charge in [-0.2, -0.15) is 0 Å². The fraction of sp³-hybridized carbons (Fsp3) is 0.250. The number of carbonyl (C=O) groups excluding carboxylic acids is 1. The summed E-state index contributed by atoms with van der Waals surface area (Å²) in [5.74, 6) is -0.201. The third kappa shape index (κ3) is 3.57. The van der Waals surface area contributed by atoms with Crippen LogP contribution in [0.3, 0.4) is 0 Å². The minimum atomic E-state index is -4.75. The van der Waals surface area contributed by atoms with Crippen LogP contribution in [0, 0.1) is 0 Å². The van der Waals surface area contributed by atoms with Gasteiger partial charge in [-0.3, -0.25) is 9.69 Å². The van der Waals surface area contributed by atoms with Crippen molar-refractivity contribution in [2.45, 2.75) is 6.36 Å². The Morgan fingerprint density at radius 3 is 2.50 bits per heavy atom. The van der Waals surface area contributed by atoms with Crippen LogP contribution in [0.4, 0.5) is 18.9 Å². The van der Waals surface area contributed by atoms with Crippen molar-refractivity contribution in [3.63, 3.8) is 0 Å². The van der Waals surface area contributed by atoms with Crippen molar-refractivity contribution >= 4 is 23.2 Å². The van der Waals surface area contributed by atoms with E-state index in [-0.39, 0.29) is 24.1 Å². The molecule has 108 valence electrons. The second kappa shape index (κ2) is 5.62. The number of hydrogen-bond acceptors (Lipinski definition) is 3. The van der Waals surface area contributed by atoms with Gasteiger partial charge >= 0.3 is 6.36 Å². The van der Waals surface area contributed by atoms with Gasteiger partial charge in [-0.1, -0.05) is 0 Å². The van der Waals surface area contributed by atoms with Crippen LogP contribution in [0.2, 0.25) is 0 Å². The molecule has 0 spiro atoms. The summed E-state index contributed by atoms with van der Waals surface area (Å²) < 4.78 is 44.9. The first kappa shape index (κ1) is 14.5.